The number of hydrogen-bond donors (Lipinski definition) is 4. The van der Waals surface area contributed by atoms with Crippen molar-refractivity contribution in [3.05, 3.63) is 48.6 Å². The molecule has 258 valence electrons. The molecule has 47 heavy (non-hydrogen) atoms. The molecule has 1 heterocycles. The standard InChI is InChI=1S/C33H45N5O6.C3H8/c1-8-10-16-24(27(40)30(42)34-17-9-2)36-29(41)25-18-23(21(3)4)20-38(25)31(43)28(33(5,6)7)37-32(44)35-19-26(39)22-14-12-11-13-15-22;1-3-2/h1,9,11-15,21,23-25,28H,2,10,16-20H2,3-7H3,(H,34,42)(H,36,41)(H2,35,37,44);3H2,1-2H3/t23-,24?,25?,28?;/m1./s1. The van der Waals surface area contributed by atoms with Gasteiger partial charge in [0.05, 0.1) is 12.6 Å². The third-order valence-electron chi connectivity index (χ3n) is 7.60. The van der Waals surface area contributed by atoms with Gasteiger partial charge in [-0.3, -0.25) is 24.0 Å². The first kappa shape index (κ1) is 40.6. The molecule has 11 nitrogen and oxygen atoms in total. The molecule has 11 heteroatoms. The van der Waals surface area contributed by atoms with Crippen LogP contribution in [-0.4, -0.2) is 78.0 Å². The summed E-state index contributed by atoms with van der Waals surface area (Å²) in [4.78, 5) is 79.7. The maximum atomic E-state index is 14.1. The first-order chi connectivity index (χ1) is 22.1. The SMILES string of the molecule is C#CCCC(NC(=O)C1C[C@@H](C(C)C)CN1C(=O)C(NC(=O)NCC(=O)c1ccccc1)C(C)(C)C)C(=O)C(=O)NCC=C.CCC. The number of carbonyl (C=O) groups is 6. The van der Waals surface area contributed by atoms with E-state index in [2.05, 4.69) is 47.6 Å². The summed E-state index contributed by atoms with van der Waals surface area (Å²) in [5, 5.41) is 10.3. The van der Waals surface area contributed by atoms with Gasteiger partial charge in [0.2, 0.25) is 17.6 Å². The van der Waals surface area contributed by atoms with Crippen LogP contribution in [0.15, 0.2) is 43.0 Å². The van der Waals surface area contributed by atoms with Crippen molar-refractivity contribution in [2.75, 3.05) is 19.6 Å². The number of benzene rings is 1. The second-order valence-electron chi connectivity index (χ2n) is 13.0. The Morgan fingerprint density at radius 2 is 1.66 bits per heavy atom. The number of carbonyl (C=O) groups excluding carboxylic acids is 6. The summed E-state index contributed by atoms with van der Waals surface area (Å²) in [7, 11) is 0. The fraction of sp³-hybridized carbons (Fsp3) is 0.556. The van der Waals surface area contributed by atoms with Crippen LogP contribution in [0.2, 0.25) is 0 Å². The van der Waals surface area contributed by atoms with Crippen LogP contribution in [0, 0.1) is 29.6 Å². The van der Waals surface area contributed by atoms with Crippen molar-refractivity contribution >= 4 is 35.3 Å². The molecule has 4 N–H and O–H groups in total. The summed E-state index contributed by atoms with van der Waals surface area (Å²) in [6, 6.07) is 4.65. The number of hydrogen-bond acceptors (Lipinski definition) is 6. The van der Waals surface area contributed by atoms with Crippen molar-refractivity contribution in [2.45, 2.75) is 92.3 Å². The van der Waals surface area contributed by atoms with Gasteiger partial charge in [0.25, 0.3) is 5.91 Å². The lowest BCUT2D eigenvalue weighted by Gasteiger charge is -2.35. The zero-order valence-corrected chi connectivity index (χ0v) is 29.0. The van der Waals surface area contributed by atoms with Gasteiger partial charge in [0.1, 0.15) is 12.1 Å². The molecule has 1 saturated heterocycles. The van der Waals surface area contributed by atoms with Crippen LogP contribution in [0.1, 0.15) is 84.5 Å². The number of amides is 5. The molecule has 3 unspecified atom stereocenters. The quantitative estimate of drug-likeness (QED) is 0.104. The normalized spacial score (nSPS) is 16.8. The molecule has 1 aromatic rings. The zero-order chi connectivity index (χ0) is 35.7. The van der Waals surface area contributed by atoms with Crippen LogP contribution in [0.4, 0.5) is 4.79 Å². The molecule has 5 amide bonds. The van der Waals surface area contributed by atoms with Crippen LogP contribution >= 0.6 is 0 Å². The van der Waals surface area contributed by atoms with Crippen LogP contribution in [0.5, 0.6) is 0 Å². The Bertz CT molecular complexity index is 1280. The summed E-state index contributed by atoms with van der Waals surface area (Å²) in [6.07, 6.45) is 8.58. The van der Waals surface area contributed by atoms with E-state index in [1.807, 2.05) is 13.8 Å². The third-order valence-corrected chi connectivity index (χ3v) is 7.60. The Kier molecular flexibility index (Phi) is 17.2. The van der Waals surface area contributed by atoms with Crippen LogP contribution in [0.25, 0.3) is 0 Å². The van der Waals surface area contributed by atoms with Gasteiger partial charge in [-0.1, -0.05) is 91.3 Å². The van der Waals surface area contributed by atoms with Gasteiger partial charge < -0.3 is 26.2 Å². The maximum Gasteiger partial charge on any atom is 0.315 e. The number of nitrogens with zero attached hydrogens (tertiary/aromatic N) is 1. The highest BCUT2D eigenvalue weighted by Crippen LogP contribution is 2.32. The molecule has 2 rings (SSSR count). The average molecular weight is 652 g/mol. The predicted molar refractivity (Wildman–Crippen MR) is 183 cm³/mol. The highest BCUT2D eigenvalue weighted by atomic mass is 16.2. The van der Waals surface area contributed by atoms with Crippen molar-refractivity contribution in [3.8, 4) is 12.3 Å². The monoisotopic (exact) mass is 651 g/mol. The first-order valence-electron chi connectivity index (χ1n) is 16.2. The zero-order valence-electron chi connectivity index (χ0n) is 29.0. The Balaban J connectivity index is 0.00000354. The van der Waals surface area contributed by atoms with Gasteiger partial charge in [-0.15, -0.1) is 18.9 Å². The Hall–Kier alpha value is -4.46. The van der Waals surface area contributed by atoms with Crippen molar-refractivity contribution in [2.24, 2.45) is 17.3 Å². The number of urea groups is 1. The number of Topliss-reactive ketones (excluding diaryl/α,β-unsaturated/α-hetero) is 2. The average Bonchev–Trinajstić information content (AvgIpc) is 3.49. The maximum absolute atomic E-state index is 14.1. The minimum absolute atomic E-state index is 0.0246. The Morgan fingerprint density at radius 1 is 1.04 bits per heavy atom. The number of terminal acetylenes is 1. The molecule has 0 aromatic heterocycles. The van der Waals surface area contributed by atoms with Crippen molar-refractivity contribution in [1.82, 2.24) is 26.2 Å². The number of likely N-dealkylation sites (tertiary alicyclic amines) is 1. The molecule has 0 saturated carbocycles. The summed E-state index contributed by atoms with van der Waals surface area (Å²) < 4.78 is 0. The van der Waals surface area contributed by atoms with E-state index in [-0.39, 0.29) is 50.1 Å². The van der Waals surface area contributed by atoms with Gasteiger partial charge in [-0.2, -0.15) is 0 Å². The van der Waals surface area contributed by atoms with Gasteiger partial charge in [0, 0.05) is 25.1 Å². The Labute approximate surface area is 280 Å². The molecular formula is C36H53N5O6. The third kappa shape index (κ3) is 13.1. The lowest BCUT2D eigenvalue weighted by atomic mass is 9.85. The lowest BCUT2D eigenvalue weighted by molar-refractivity contribution is -0.143. The van der Waals surface area contributed by atoms with Crippen molar-refractivity contribution in [3.63, 3.8) is 0 Å². The van der Waals surface area contributed by atoms with E-state index in [1.54, 1.807) is 51.1 Å². The summed E-state index contributed by atoms with van der Waals surface area (Å²) in [6.45, 7) is 17.2. The van der Waals surface area contributed by atoms with Gasteiger partial charge in [0.15, 0.2) is 5.78 Å². The molecule has 1 aliphatic heterocycles. The highest BCUT2D eigenvalue weighted by Gasteiger charge is 2.46. The van der Waals surface area contributed by atoms with Gasteiger partial charge in [-0.05, 0) is 30.1 Å². The number of ketones is 2. The van der Waals surface area contributed by atoms with Crippen molar-refractivity contribution < 1.29 is 28.8 Å². The summed E-state index contributed by atoms with van der Waals surface area (Å²) >= 11 is 0. The molecule has 1 fully saturated rings. The molecule has 0 aliphatic carbocycles. The van der Waals surface area contributed by atoms with Crippen LogP contribution in [-0.2, 0) is 19.2 Å². The minimum atomic E-state index is -1.18. The minimum Gasteiger partial charge on any atom is -0.346 e. The second-order valence-corrected chi connectivity index (χ2v) is 13.0. The molecule has 0 bridgehead atoms. The van der Waals surface area contributed by atoms with Crippen molar-refractivity contribution in [1.29, 1.82) is 0 Å². The fourth-order valence-corrected chi connectivity index (χ4v) is 4.90. The molecular weight excluding hydrogens is 598 g/mol. The van der Waals surface area contributed by atoms with E-state index >= 15 is 0 Å². The first-order valence-corrected chi connectivity index (χ1v) is 16.2. The number of nitrogens with one attached hydrogen (secondary N) is 4. The second kappa shape index (κ2) is 19.9. The molecule has 1 aromatic carbocycles. The lowest BCUT2D eigenvalue weighted by Crippen LogP contribution is -2.60. The van der Waals surface area contributed by atoms with Gasteiger partial charge in [-0.25, -0.2) is 4.79 Å². The largest absolute Gasteiger partial charge is 0.346 e. The summed E-state index contributed by atoms with van der Waals surface area (Å²) in [5.41, 5.74) is -0.317. The number of rotatable bonds is 14. The topological polar surface area (TPSA) is 154 Å². The van der Waals surface area contributed by atoms with E-state index in [0.717, 1.165) is 0 Å². The molecule has 0 radical (unpaired) electrons. The Morgan fingerprint density at radius 3 is 2.19 bits per heavy atom. The molecule has 4 atom stereocenters. The van der Waals surface area contributed by atoms with E-state index in [4.69, 9.17) is 6.42 Å². The molecule has 1 aliphatic rings. The predicted octanol–water partition coefficient (Wildman–Crippen LogP) is 3.64. The summed E-state index contributed by atoms with van der Waals surface area (Å²) in [5.74, 6) is -0.530. The highest BCUT2D eigenvalue weighted by molar-refractivity contribution is 6.38. The van der Waals surface area contributed by atoms with Crippen LogP contribution < -0.4 is 21.3 Å². The van der Waals surface area contributed by atoms with E-state index < -0.39 is 53.1 Å². The van der Waals surface area contributed by atoms with E-state index in [0.29, 0.717) is 12.0 Å². The van der Waals surface area contributed by atoms with Gasteiger partial charge >= 0.3 is 6.03 Å². The smallest absolute Gasteiger partial charge is 0.315 e. The van der Waals surface area contributed by atoms with E-state index in [9.17, 15) is 28.8 Å². The molecule has 0 spiro atoms. The van der Waals surface area contributed by atoms with E-state index in [1.165, 1.54) is 17.4 Å². The van der Waals surface area contributed by atoms with Crippen LogP contribution in [0.3, 0.4) is 0 Å². The fourth-order valence-electron chi connectivity index (χ4n) is 4.90.